The number of ketones is 2. The topological polar surface area (TPSA) is 92.3 Å². The number of halogens is 2. The predicted molar refractivity (Wildman–Crippen MR) is 84.3 cm³/mol. The molecule has 1 aromatic carbocycles. The highest BCUT2D eigenvalue weighted by atomic mass is 35.5. The second-order valence-electron chi connectivity index (χ2n) is 4.67. The number of rotatable bonds is 6. The molecular weight excluding hydrogens is 331 g/mol. The first kappa shape index (κ1) is 18.1. The van der Waals surface area contributed by atoms with Gasteiger partial charge < -0.3 is 10.6 Å². The second-order valence-corrected chi connectivity index (χ2v) is 5.48. The Kier molecular flexibility index (Phi) is 6.52. The van der Waals surface area contributed by atoms with E-state index in [2.05, 4.69) is 10.6 Å². The summed E-state index contributed by atoms with van der Waals surface area (Å²) in [5.41, 5.74) is 0.449. The fourth-order valence-corrected chi connectivity index (χ4v) is 2.19. The first-order chi connectivity index (χ1) is 10.2. The minimum atomic E-state index is -0.537. The fourth-order valence-electron chi connectivity index (χ4n) is 1.61. The van der Waals surface area contributed by atoms with E-state index >= 15 is 0 Å². The van der Waals surface area contributed by atoms with E-state index < -0.39 is 11.8 Å². The molecule has 6 nitrogen and oxygen atoms in total. The summed E-state index contributed by atoms with van der Waals surface area (Å²) >= 11 is 12.0. The molecule has 0 aliphatic rings. The molecule has 0 spiro atoms. The van der Waals surface area contributed by atoms with Gasteiger partial charge in [-0.3, -0.25) is 19.2 Å². The first-order valence-corrected chi connectivity index (χ1v) is 7.02. The van der Waals surface area contributed by atoms with Crippen LogP contribution in [0.5, 0.6) is 0 Å². The minimum Gasteiger partial charge on any atom is -0.326 e. The van der Waals surface area contributed by atoms with Gasteiger partial charge >= 0.3 is 0 Å². The van der Waals surface area contributed by atoms with Crippen LogP contribution in [0.2, 0.25) is 10.0 Å². The van der Waals surface area contributed by atoms with E-state index in [1.807, 2.05) is 0 Å². The van der Waals surface area contributed by atoms with Crippen molar-refractivity contribution in [2.75, 3.05) is 10.6 Å². The van der Waals surface area contributed by atoms with Crippen molar-refractivity contribution in [2.24, 2.45) is 0 Å². The van der Waals surface area contributed by atoms with Gasteiger partial charge in [0.05, 0.1) is 28.6 Å². The summed E-state index contributed by atoms with van der Waals surface area (Å²) in [4.78, 5) is 44.8. The quantitative estimate of drug-likeness (QED) is 0.776. The molecule has 1 rings (SSSR count). The van der Waals surface area contributed by atoms with E-state index in [9.17, 15) is 19.2 Å². The van der Waals surface area contributed by atoms with E-state index in [1.54, 1.807) is 0 Å². The summed E-state index contributed by atoms with van der Waals surface area (Å²) in [6.45, 7) is 2.59. The third kappa shape index (κ3) is 5.83. The maximum absolute atomic E-state index is 11.6. The van der Waals surface area contributed by atoms with Crippen LogP contribution in [0.1, 0.15) is 26.7 Å². The molecule has 0 aliphatic carbocycles. The number of hydrogen-bond donors (Lipinski definition) is 2. The summed E-state index contributed by atoms with van der Waals surface area (Å²) in [7, 11) is 0. The van der Waals surface area contributed by atoms with E-state index in [0.29, 0.717) is 5.69 Å². The number of nitrogens with one attached hydrogen (secondary N) is 2. The van der Waals surface area contributed by atoms with Gasteiger partial charge in [-0.1, -0.05) is 23.2 Å². The lowest BCUT2D eigenvalue weighted by Crippen LogP contribution is -2.16. The van der Waals surface area contributed by atoms with Gasteiger partial charge in [0.15, 0.2) is 0 Å². The van der Waals surface area contributed by atoms with Crippen molar-refractivity contribution in [1.82, 2.24) is 0 Å². The first-order valence-electron chi connectivity index (χ1n) is 6.26. The Balaban J connectivity index is 2.88. The molecule has 0 saturated carbocycles. The highest BCUT2D eigenvalue weighted by molar-refractivity contribution is 6.40. The summed E-state index contributed by atoms with van der Waals surface area (Å²) in [5, 5.41) is 5.10. The Bertz CT molecular complexity index is 621. The largest absolute Gasteiger partial charge is 0.326 e. The lowest BCUT2D eigenvalue weighted by atomic mass is 10.2. The zero-order valence-corrected chi connectivity index (χ0v) is 13.5. The molecule has 0 fully saturated rings. The van der Waals surface area contributed by atoms with Gasteiger partial charge in [-0.25, -0.2) is 0 Å². The average Bonchev–Trinajstić information content (AvgIpc) is 2.31. The summed E-state index contributed by atoms with van der Waals surface area (Å²) in [6, 6.07) is 2.77. The van der Waals surface area contributed by atoms with Crippen LogP contribution in [-0.4, -0.2) is 23.4 Å². The number of Topliss-reactive ketones (excluding diaryl/α,β-unsaturated/α-hetero) is 2. The van der Waals surface area contributed by atoms with Crippen molar-refractivity contribution in [3.63, 3.8) is 0 Å². The van der Waals surface area contributed by atoms with Crippen LogP contribution in [-0.2, 0) is 19.2 Å². The Labute approximate surface area is 137 Å². The summed E-state index contributed by atoms with van der Waals surface area (Å²) in [6.07, 6.45) is -0.546. The van der Waals surface area contributed by atoms with Crippen LogP contribution in [0.25, 0.3) is 0 Å². The zero-order valence-electron chi connectivity index (χ0n) is 12.0. The normalized spacial score (nSPS) is 10.0. The van der Waals surface area contributed by atoms with Gasteiger partial charge in [0, 0.05) is 5.69 Å². The Morgan fingerprint density at radius 1 is 0.864 bits per heavy atom. The molecule has 2 N–H and O–H groups in total. The van der Waals surface area contributed by atoms with Crippen molar-refractivity contribution in [3.05, 3.63) is 22.2 Å². The molecular formula is C14H14Cl2N2O4. The van der Waals surface area contributed by atoms with Crippen LogP contribution in [0.15, 0.2) is 12.1 Å². The van der Waals surface area contributed by atoms with E-state index in [1.165, 1.54) is 26.0 Å². The van der Waals surface area contributed by atoms with Crippen molar-refractivity contribution in [1.29, 1.82) is 0 Å². The van der Waals surface area contributed by atoms with Crippen molar-refractivity contribution in [3.8, 4) is 0 Å². The Morgan fingerprint density at radius 2 is 1.27 bits per heavy atom. The molecule has 0 aromatic heterocycles. The maximum atomic E-state index is 11.6. The number of carbonyl (C=O) groups is 4. The second kappa shape index (κ2) is 7.91. The van der Waals surface area contributed by atoms with E-state index in [0.717, 1.165) is 0 Å². The van der Waals surface area contributed by atoms with Gasteiger partial charge in [0.1, 0.15) is 11.6 Å². The van der Waals surface area contributed by atoms with Crippen LogP contribution in [0.4, 0.5) is 11.4 Å². The maximum Gasteiger partial charge on any atom is 0.231 e. The number of amides is 2. The van der Waals surface area contributed by atoms with Gasteiger partial charge in [-0.15, -0.1) is 0 Å². The molecule has 22 heavy (non-hydrogen) atoms. The molecule has 0 bridgehead atoms. The van der Waals surface area contributed by atoms with Crippen LogP contribution in [0.3, 0.4) is 0 Å². The Hall–Kier alpha value is -1.92. The van der Waals surface area contributed by atoms with Crippen molar-refractivity contribution in [2.45, 2.75) is 26.7 Å². The van der Waals surface area contributed by atoms with Gasteiger partial charge in [0.25, 0.3) is 0 Å². The molecule has 118 valence electrons. The standard InChI is InChI=1S/C14H14Cl2N2O4/c1-7(19)3-12(21)17-9-5-10(15)14(11(16)6-9)18-13(22)4-8(2)20/h5-6H,3-4H2,1-2H3,(H,17,21)(H,18,22). The SMILES string of the molecule is CC(=O)CC(=O)Nc1cc(Cl)c(NC(=O)CC(C)=O)c(Cl)c1. The summed E-state index contributed by atoms with van der Waals surface area (Å²) in [5.74, 6) is -1.60. The van der Waals surface area contributed by atoms with Crippen LogP contribution >= 0.6 is 23.2 Å². The number of anilines is 2. The third-order valence-electron chi connectivity index (χ3n) is 2.41. The lowest BCUT2D eigenvalue weighted by molar-refractivity contribution is -0.125. The molecule has 1 aromatic rings. The molecule has 0 radical (unpaired) electrons. The van der Waals surface area contributed by atoms with Crippen molar-refractivity contribution < 1.29 is 19.2 Å². The van der Waals surface area contributed by atoms with Gasteiger partial charge in [0.2, 0.25) is 11.8 Å². The molecule has 0 atom stereocenters. The molecule has 0 heterocycles. The molecule has 2 amide bonds. The predicted octanol–water partition coefficient (Wildman–Crippen LogP) is 2.83. The van der Waals surface area contributed by atoms with E-state index in [-0.39, 0.29) is 40.1 Å². The fraction of sp³-hybridized carbons (Fsp3) is 0.286. The molecule has 0 saturated heterocycles. The molecule has 0 unspecified atom stereocenters. The van der Waals surface area contributed by atoms with E-state index in [4.69, 9.17) is 23.2 Å². The zero-order chi connectivity index (χ0) is 16.9. The average molecular weight is 345 g/mol. The van der Waals surface area contributed by atoms with Crippen LogP contribution < -0.4 is 10.6 Å². The van der Waals surface area contributed by atoms with Crippen molar-refractivity contribution >= 4 is 58.0 Å². The summed E-state index contributed by atoms with van der Waals surface area (Å²) < 4.78 is 0. The highest BCUT2D eigenvalue weighted by Crippen LogP contribution is 2.34. The number of benzene rings is 1. The van der Waals surface area contributed by atoms with Gasteiger partial charge in [-0.05, 0) is 26.0 Å². The highest BCUT2D eigenvalue weighted by Gasteiger charge is 2.14. The smallest absolute Gasteiger partial charge is 0.231 e. The lowest BCUT2D eigenvalue weighted by Gasteiger charge is -2.11. The minimum absolute atomic E-state index is 0.0996. The Morgan fingerprint density at radius 3 is 1.68 bits per heavy atom. The third-order valence-corrected chi connectivity index (χ3v) is 3.01. The van der Waals surface area contributed by atoms with Crippen LogP contribution in [0, 0.1) is 0 Å². The molecule has 8 heteroatoms. The molecule has 0 aliphatic heterocycles. The monoisotopic (exact) mass is 344 g/mol. The number of hydrogen-bond acceptors (Lipinski definition) is 4. The van der Waals surface area contributed by atoms with Gasteiger partial charge in [-0.2, -0.15) is 0 Å². The number of carbonyl (C=O) groups excluding carboxylic acids is 4.